The van der Waals surface area contributed by atoms with E-state index in [4.69, 9.17) is 19.4 Å². The maximum Gasteiger partial charge on any atom is 0.163 e. The van der Waals surface area contributed by atoms with Crippen molar-refractivity contribution in [2.75, 3.05) is 19.5 Å². The van der Waals surface area contributed by atoms with Crippen molar-refractivity contribution in [2.45, 2.75) is 6.92 Å². The molecule has 5 aromatic rings. The van der Waals surface area contributed by atoms with E-state index in [1.807, 2.05) is 61.5 Å². The highest BCUT2D eigenvalue weighted by atomic mass is 16.5. The summed E-state index contributed by atoms with van der Waals surface area (Å²) < 4.78 is 10.8. The van der Waals surface area contributed by atoms with Crippen LogP contribution in [-0.4, -0.2) is 29.2 Å². The van der Waals surface area contributed by atoms with Crippen molar-refractivity contribution < 1.29 is 9.47 Å². The van der Waals surface area contributed by atoms with E-state index in [0.717, 1.165) is 56.2 Å². The van der Waals surface area contributed by atoms with Gasteiger partial charge in [-0.1, -0.05) is 18.2 Å². The summed E-state index contributed by atoms with van der Waals surface area (Å²) in [7, 11) is 3.35. The summed E-state index contributed by atoms with van der Waals surface area (Å²) >= 11 is 0. The van der Waals surface area contributed by atoms with Crippen molar-refractivity contribution in [1.82, 2.24) is 15.0 Å². The molecule has 3 aromatic carbocycles. The van der Waals surface area contributed by atoms with Crippen LogP contribution in [0.1, 0.15) is 5.56 Å². The molecule has 0 saturated carbocycles. The number of pyridine rings is 1. The first-order valence-corrected chi connectivity index (χ1v) is 10.9. The molecule has 0 radical (unpaired) electrons. The largest absolute Gasteiger partial charge is 0.497 e. The van der Waals surface area contributed by atoms with Crippen LogP contribution in [0.2, 0.25) is 0 Å². The summed E-state index contributed by atoms with van der Waals surface area (Å²) in [4.78, 5) is 13.9. The molecule has 0 atom stereocenters. The fourth-order valence-electron chi connectivity index (χ4n) is 3.92. The molecular weight excluding hydrogens is 424 g/mol. The van der Waals surface area contributed by atoms with Crippen LogP contribution in [0.5, 0.6) is 11.5 Å². The summed E-state index contributed by atoms with van der Waals surface area (Å²) in [5.41, 5.74) is 5.77. The van der Waals surface area contributed by atoms with Crippen LogP contribution >= 0.6 is 0 Å². The van der Waals surface area contributed by atoms with E-state index in [1.54, 1.807) is 26.6 Å². The van der Waals surface area contributed by atoms with Crippen molar-refractivity contribution in [1.29, 1.82) is 0 Å². The van der Waals surface area contributed by atoms with Gasteiger partial charge in [-0.05, 0) is 78.2 Å². The highest BCUT2D eigenvalue weighted by Crippen LogP contribution is 2.33. The van der Waals surface area contributed by atoms with Crippen molar-refractivity contribution in [3.63, 3.8) is 0 Å². The van der Waals surface area contributed by atoms with E-state index in [9.17, 15) is 0 Å². The molecular formula is C28H24N4O2. The molecule has 0 fully saturated rings. The third-order valence-corrected chi connectivity index (χ3v) is 5.68. The van der Waals surface area contributed by atoms with Gasteiger partial charge < -0.3 is 14.8 Å². The second kappa shape index (κ2) is 9.19. The molecule has 0 unspecified atom stereocenters. The number of benzene rings is 3. The Morgan fingerprint density at radius 2 is 1.62 bits per heavy atom. The molecule has 5 rings (SSSR count). The lowest BCUT2D eigenvalue weighted by atomic mass is 10.0. The highest BCUT2D eigenvalue weighted by molar-refractivity contribution is 5.95. The molecule has 0 aliphatic rings. The van der Waals surface area contributed by atoms with Crippen molar-refractivity contribution in [3.05, 3.63) is 90.8 Å². The molecule has 0 spiro atoms. The first-order valence-electron chi connectivity index (χ1n) is 10.9. The van der Waals surface area contributed by atoms with Crippen LogP contribution in [-0.2, 0) is 0 Å². The lowest BCUT2D eigenvalue weighted by Crippen LogP contribution is -2.00. The number of nitrogens with one attached hydrogen (secondary N) is 1. The van der Waals surface area contributed by atoms with E-state index >= 15 is 0 Å². The van der Waals surface area contributed by atoms with E-state index < -0.39 is 0 Å². The summed E-state index contributed by atoms with van der Waals surface area (Å²) in [5, 5.41) is 4.42. The molecule has 2 aromatic heterocycles. The van der Waals surface area contributed by atoms with Crippen LogP contribution in [0, 0.1) is 6.92 Å². The zero-order valence-corrected chi connectivity index (χ0v) is 19.2. The molecule has 1 N–H and O–H groups in total. The Morgan fingerprint density at radius 3 is 2.38 bits per heavy atom. The zero-order valence-electron chi connectivity index (χ0n) is 19.2. The normalized spacial score (nSPS) is 10.8. The van der Waals surface area contributed by atoms with Gasteiger partial charge >= 0.3 is 0 Å². The van der Waals surface area contributed by atoms with E-state index in [0.29, 0.717) is 5.82 Å². The number of methoxy groups -OCH3 is 2. The van der Waals surface area contributed by atoms with Gasteiger partial charge in [-0.2, -0.15) is 0 Å². The zero-order chi connectivity index (χ0) is 23.5. The van der Waals surface area contributed by atoms with Gasteiger partial charge in [0.05, 0.1) is 19.7 Å². The fraction of sp³-hybridized carbons (Fsp3) is 0.107. The maximum absolute atomic E-state index is 5.41. The third-order valence-electron chi connectivity index (χ3n) is 5.68. The van der Waals surface area contributed by atoms with Crippen molar-refractivity contribution in [3.8, 4) is 34.0 Å². The average molecular weight is 449 g/mol. The summed E-state index contributed by atoms with van der Waals surface area (Å²) in [5.74, 6) is 2.99. The fourth-order valence-corrected chi connectivity index (χ4v) is 3.92. The van der Waals surface area contributed by atoms with Gasteiger partial charge in [0.25, 0.3) is 0 Å². The first-order chi connectivity index (χ1) is 16.6. The van der Waals surface area contributed by atoms with Gasteiger partial charge in [0.1, 0.15) is 17.3 Å². The second-order valence-corrected chi connectivity index (χ2v) is 7.91. The Balaban J connectivity index is 1.66. The number of hydrogen-bond acceptors (Lipinski definition) is 6. The van der Waals surface area contributed by atoms with Gasteiger partial charge in [-0.15, -0.1) is 0 Å². The standard InChI is InChI=1S/C28H24N4O2/c1-18-14-22(10-12-26(18)34-3)30-28-24-16-20(19-6-4-8-23(15-19)33-2)9-11-25(24)31-27(32-28)21-7-5-13-29-17-21/h4-17H,1-3H3,(H,30,31,32). The van der Waals surface area contributed by atoms with Crippen LogP contribution in [0.3, 0.4) is 0 Å². The Labute approximate surface area is 198 Å². The molecule has 34 heavy (non-hydrogen) atoms. The van der Waals surface area contributed by atoms with Gasteiger partial charge in [-0.3, -0.25) is 4.98 Å². The topological polar surface area (TPSA) is 69.2 Å². The van der Waals surface area contributed by atoms with Gasteiger partial charge in [0, 0.05) is 29.0 Å². The lowest BCUT2D eigenvalue weighted by molar-refractivity contribution is 0.412. The van der Waals surface area contributed by atoms with E-state index in [-0.39, 0.29) is 0 Å². The quantitative estimate of drug-likeness (QED) is 0.323. The first kappa shape index (κ1) is 21.4. The van der Waals surface area contributed by atoms with Gasteiger partial charge in [0.15, 0.2) is 5.82 Å². The molecule has 0 amide bonds. The SMILES string of the molecule is COc1cccc(-c2ccc3nc(-c4cccnc4)nc(Nc4ccc(OC)c(C)c4)c3c2)c1. The van der Waals surface area contributed by atoms with Crippen molar-refractivity contribution >= 4 is 22.4 Å². The minimum absolute atomic E-state index is 0.613. The maximum atomic E-state index is 5.41. The summed E-state index contributed by atoms with van der Waals surface area (Å²) in [6.07, 6.45) is 3.51. The molecule has 0 bridgehead atoms. The minimum Gasteiger partial charge on any atom is -0.497 e. The monoisotopic (exact) mass is 448 g/mol. The highest BCUT2D eigenvalue weighted by Gasteiger charge is 2.13. The second-order valence-electron chi connectivity index (χ2n) is 7.91. The third kappa shape index (κ3) is 4.26. The number of rotatable bonds is 6. The smallest absolute Gasteiger partial charge is 0.163 e. The summed E-state index contributed by atoms with van der Waals surface area (Å²) in [6.45, 7) is 2.02. The predicted octanol–water partition coefficient (Wildman–Crippen LogP) is 6.43. The Morgan fingerprint density at radius 1 is 0.765 bits per heavy atom. The number of aryl methyl sites for hydroxylation is 1. The molecule has 0 aliphatic carbocycles. The number of anilines is 2. The Kier molecular flexibility index (Phi) is 5.79. The Hall–Kier alpha value is -4.45. The average Bonchev–Trinajstić information content (AvgIpc) is 2.89. The summed E-state index contributed by atoms with van der Waals surface area (Å²) in [6, 6.07) is 24.0. The molecule has 0 aliphatic heterocycles. The number of hydrogen-bond donors (Lipinski definition) is 1. The van der Waals surface area contributed by atoms with E-state index in [1.165, 1.54) is 0 Å². The van der Waals surface area contributed by atoms with Gasteiger partial charge in [-0.25, -0.2) is 9.97 Å². The molecule has 6 heteroatoms. The lowest BCUT2D eigenvalue weighted by Gasteiger charge is -2.14. The van der Waals surface area contributed by atoms with Crippen LogP contribution < -0.4 is 14.8 Å². The van der Waals surface area contributed by atoms with Crippen LogP contribution in [0.4, 0.5) is 11.5 Å². The molecule has 168 valence electrons. The molecule has 6 nitrogen and oxygen atoms in total. The number of ether oxygens (including phenoxy) is 2. The number of fused-ring (bicyclic) bond motifs is 1. The van der Waals surface area contributed by atoms with Crippen molar-refractivity contribution in [2.24, 2.45) is 0 Å². The Bertz CT molecular complexity index is 1470. The predicted molar refractivity (Wildman–Crippen MR) is 136 cm³/mol. The number of aromatic nitrogens is 3. The number of nitrogens with zero attached hydrogens (tertiary/aromatic N) is 3. The van der Waals surface area contributed by atoms with Crippen LogP contribution in [0.25, 0.3) is 33.4 Å². The molecule has 2 heterocycles. The van der Waals surface area contributed by atoms with E-state index in [2.05, 4.69) is 28.5 Å². The minimum atomic E-state index is 0.613. The van der Waals surface area contributed by atoms with Crippen LogP contribution in [0.15, 0.2) is 85.2 Å². The molecule has 0 saturated heterocycles. The van der Waals surface area contributed by atoms with Gasteiger partial charge in [0.2, 0.25) is 0 Å².